The molecule has 0 saturated carbocycles. The summed E-state index contributed by atoms with van der Waals surface area (Å²) in [6.07, 6.45) is 5.95. The molecular formula is C15H20N4OS. The van der Waals surface area contributed by atoms with Gasteiger partial charge in [0, 0.05) is 18.4 Å². The summed E-state index contributed by atoms with van der Waals surface area (Å²) in [5, 5.41) is 7.17. The van der Waals surface area contributed by atoms with E-state index in [1.165, 1.54) is 0 Å². The van der Waals surface area contributed by atoms with Gasteiger partial charge in [-0.2, -0.15) is 16.9 Å². The number of carbonyl (C=O) groups excluding carboxylic acids is 1. The number of unbranched alkanes of at least 4 members (excludes halogenated alkanes) is 1. The molecule has 3 N–H and O–H groups in total. The molecule has 1 aromatic carbocycles. The Kier molecular flexibility index (Phi) is 5.68. The summed E-state index contributed by atoms with van der Waals surface area (Å²) >= 11 is 1.82. The van der Waals surface area contributed by atoms with E-state index in [9.17, 15) is 4.79 Å². The monoisotopic (exact) mass is 304 g/mol. The van der Waals surface area contributed by atoms with Crippen LogP contribution in [0.5, 0.6) is 0 Å². The van der Waals surface area contributed by atoms with E-state index < -0.39 is 0 Å². The van der Waals surface area contributed by atoms with Gasteiger partial charge in [0.25, 0.3) is 5.91 Å². The predicted molar refractivity (Wildman–Crippen MR) is 87.9 cm³/mol. The maximum absolute atomic E-state index is 12.0. The van der Waals surface area contributed by atoms with Crippen LogP contribution >= 0.6 is 11.8 Å². The fraction of sp³-hybridized carbons (Fsp3) is 0.333. The minimum atomic E-state index is -0.137. The molecule has 6 heteroatoms. The van der Waals surface area contributed by atoms with Gasteiger partial charge in [-0.05, 0) is 49.1 Å². The first-order valence-corrected chi connectivity index (χ1v) is 8.29. The largest absolute Gasteiger partial charge is 0.399 e. The van der Waals surface area contributed by atoms with Crippen LogP contribution < -0.4 is 11.1 Å². The number of hydrogen-bond acceptors (Lipinski definition) is 4. The minimum absolute atomic E-state index is 0.137. The Morgan fingerprint density at radius 3 is 3.00 bits per heavy atom. The van der Waals surface area contributed by atoms with Crippen molar-refractivity contribution < 1.29 is 4.79 Å². The number of carbonyl (C=O) groups is 1. The van der Waals surface area contributed by atoms with E-state index >= 15 is 0 Å². The molecule has 0 unspecified atom stereocenters. The van der Waals surface area contributed by atoms with Gasteiger partial charge >= 0.3 is 0 Å². The third-order valence-corrected chi connectivity index (χ3v) is 3.71. The highest BCUT2D eigenvalue weighted by atomic mass is 32.2. The van der Waals surface area contributed by atoms with Gasteiger partial charge in [0.05, 0.1) is 5.69 Å². The highest BCUT2D eigenvalue weighted by molar-refractivity contribution is 7.98. The molecule has 0 radical (unpaired) electrons. The molecule has 0 atom stereocenters. The summed E-state index contributed by atoms with van der Waals surface area (Å²) < 4.78 is 1.65. The molecule has 0 spiro atoms. The number of anilines is 1. The summed E-state index contributed by atoms with van der Waals surface area (Å²) in [7, 11) is 0. The third kappa shape index (κ3) is 4.53. The van der Waals surface area contributed by atoms with Crippen LogP contribution in [0.4, 0.5) is 5.69 Å². The molecule has 1 heterocycles. The van der Waals surface area contributed by atoms with Crippen LogP contribution in [0.3, 0.4) is 0 Å². The Morgan fingerprint density at radius 1 is 1.38 bits per heavy atom. The van der Waals surface area contributed by atoms with Crippen LogP contribution in [0.25, 0.3) is 5.69 Å². The lowest BCUT2D eigenvalue weighted by atomic mass is 10.3. The molecule has 1 amide bonds. The number of nitrogens with zero attached hydrogens (tertiary/aromatic N) is 2. The van der Waals surface area contributed by atoms with Crippen molar-refractivity contribution in [2.24, 2.45) is 0 Å². The fourth-order valence-corrected chi connectivity index (χ4v) is 2.41. The molecule has 0 aliphatic rings. The number of hydrogen-bond donors (Lipinski definition) is 2. The summed E-state index contributed by atoms with van der Waals surface area (Å²) in [6, 6.07) is 9.10. The first kappa shape index (κ1) is 15.4. The van der Waals surface area contributed by atoms with Gasteiger partial charge in [-0.25, -0.2) is 4.68 Å². The molecule has 112 valence electrons. The van der Waals surface area contributed by atoms with Crippen LogP contribution in [0, 0.1) is 0 Å². The minimum Gasteiger partial charge on any atom is -0.399 e. The SMILES string of the molecule is CSCCCCNC(=O)c1ccn(-c2cccc(N)c2)n1. The van der Waals surface area contributed by atoms with Crippen molar-refractivity contribution in [1.29, 1.82) is 0 Å². The van der Waals surface area contributed by atoms with E-state index in [0.29, 0.717) is 17.9 Å². The topological polar surface area (TPSA) is 72.9 Å². The molecule has 2 aromatic rings. The fourth-order valence-electron chi connectivity index (χ4n) is 1.92. The first-order chi connectivity index (χ1) is 10.2. The van der Waals surface area contributed by atoms with Gasteiger partial charge in [-0.15, -0.1) is 0 Å². The Morgan fingerprint density at radius 2 is 2.24 bits per heavy atom. The molecule has 1 aromatic heterocycles. The zero-order valence-electron chi connectivity index (χ0n) is 12.1. The van der Waals surface area contributed by atoms with E-state index in [1.54, 1.807) is 16.9 Å². The average molecular weight is 304 g/mol. The van der Waals surface area contributed by atoms with E-state index in [-0.39, 0.29) is 5.91 Å². The highest BCUT2D eigenvalue weighted by Gasteiger charge is 2.09. The quantitative estimate of drug-likeness (QED) is 0.608. The van der Waals surface area contributed by atoms with Crippen molar-refractivity contribution >= 4 is 23.4 Å². The number of nitrogen functional groups attached to an aromatic ring is 1. The second-order valence-electron chi connectivity index (χ2n) is 4.70. The second-order valence-corrected chi connectivity index (χ2v) is 5.68. The van der Waals surface area contributed by atoms with Gasteiger partial charge < -0.3 is 11.1 Å². The molecule has 0 fully saturated rings. The number of nitrogens with two attached hydrogens (primary N) is 1. The molecule has 0 aliphatic heterocycles. The van der Waals surface area contributed by atoms with Crippen LogP contribution in [-0.4, -0.2) is 34.2 Å². The van der Waals surface area contributed by atoms with Crippen LogP contribution in [0.1, 0.15) is 23.3 Å². The Bertz CT molecular complexity index is 597. The first-order valence-electron chi connectivity index (χ1n) is 6.89. The van der Waals surface area contributed by atoms with Gasteiger partial charge in [-0.1, -0.05) is 6.07 Å². The van der Waals surface area contributed by atoms with Gasteiger partial charge in [0.1, 0.15) is 0 Å². The standard InChI is InChI=1S/C15H20N4OS/c1-21-10-3-2-8-17-15(20)14-7-9-19(18-14)13-6-4-5-12(16)11-13/h4-7,9,11H,2-3,8,10,16H2,1H3,(H,17,20). The van der Waals surface area contributed by atoms with E-state index in [2.05, 4.69) is 16.7 Å². The predicted octanol–water partition coefficient (Wildman–Crippen LogP) is 2.33. The van der Waals surface area contributed by atoms with Crippen molar-refractivity contribution in [2.75, 3.05) is 24.3 Å². The third-order valence-electron chi connectivity index (χ3n) is 3.02. The summed E-state index contributed by atoms with van der Waals surface area (Å²) in [5.41, 5.74) is 7.68. The van der Waals surface area contributed by atoms with E-state index in [0.717, 1.165) is 24.3 Å². The van der Waals surface area contributed by atoms with Crippen LogP contribution in [0.2, 0.25) is 0 Å². The van der Waals surface area contributed by atoms with Crippen molar-refractivity contribution in [1.82, 2.24) is 15.1 Å². The lowest BCUT2D eigenvalue weighted by Crippen LogP contribution is -2.25. The van der Waals surface area contributed by atoms with Crippen molar-refractivity contribution in [3.8, 4) is 5.69 Å². The summed E-state index contributed by atoms with van der Waals surface area (Å²) in [5.74, 6) is 0.988. The molecule has 0 aliphatic carbocycles. The number of thioether (sulfide) groups is 1. The molecule has 0 saturated heterocycles. The van der Waals surface area contributed by atoms with Gasteiger partial charge in [0.2, 0.25) is 0 Å². The zero-order valence-corrected chi connectivity index (χ0v) is 12.9. The van der Waals surface area contributed by atoms with Crippen molar-refractivity contribution in [3.63, 3.8) is 0 Å². The van der Waals surface area contributed by atoms with Crippen LogP contribution in [0.15, 0.2) is 36.5 Å². The summed E-state index contributed by atoms with van der Waals surface area (Å²) in [6.45, 7) is 0.685. The number of rotatable bonds is 7. The van der Waals surface area contributed by atoms with Gasteiger partial charge in [-0.3, -0.25) is 4.79 Å². The Balaban J connectivity index is 1.92. The number of aromatic nitrogens is 2. The molecule has 21 heavy (non-hydrogen) atoms. The smallest absolute Gasteiger partial charge is 0.271 e. The molecule has 2 rings (SSSR count). The Labute approximate surface area is 128 Å². The van der Waals surface area contributed by atoms with Gasteiger partial charge in [0.15, 0.2) is 5.69 Å². The van der Waals surface area contributed by atoms with Crippen LogP contribution in [-0.2, 0) is 0 Å². The maximum atomic E-state index is 12.0. The zero-order chi connectivity index (χ0) is 15.1. The second kappa shape index (κ2) is 7.73. The summed E-state index contributed by atoms with van der Waals surface area (Å²) in [4.78, 5) is 12.0. The lowest BCUT2D eigenvalue weighted by Gasteiger charge is -2.03. The maximum Gasteiger partial charge on any atom is 0.271 e. The highest BCUT2D eigenvalue weighted by Crippen LogP contribution is 2.11. The lowest BCUT2D eigenvalue weighted by molar-refractivity contribution is 0.0948. The van der Waals surface area contributed by atoms with Crippen molar-refractivity contribution in [2.45, 2.75) is 12.8 Å². The Hall–Kier alpha value is -1.95. The molecule has 5 nitrogen and oxygen atoms in total. The van der Waals surface area contributed by atoms with E-state index in [4.69, 9.17) is 5.73 Å². The van der Waals surface area contributed by atoms with Crippen molar-refractivity contribution in [3.05, 3.63) is 42.2 Å². The number of amides is 1. The molecular weight excluding hydrogens is 284 g/mol. The average Bonchev–Trinajstić information content (AvgIpc) is 2.97. The molecule has 0 bridgehead atoms. The number of nitrogens with one attached hydrogen (secondary N) is 1. The number of benzene rings is 1. The normalized spacial score (nSPS) is 10.5. The van der Waals surface area contributed by atoms with E-state index in [1.807, 2.05) is 36.0 Å².